The third kappa shape index (κ3) is 6.50. The van der Waals surface area contributed by atoms with Gasteiger partial charge in [-0.1, -0.05) is 69.6 Å². The summed E-state index contributed by atoms with van der Waals surface area (Å²) in [7, 11) is 0. The molecule has 0 saturated heterocycles. The number of allylic oxidation sites excluding steroid dienone is 3. The van der Waals surface area contributed by atoms with Gasteiger partial charge < -0.3 is 0 Å². The Balaban J connectivity index is 0.000000192. The average molecular weight is 697 g/mol. The summed E-state index contributed by atoms with van der Waals surface area (Å²) in [4.78, 5) is 25.3. The molecule has 216 valence electrons. The number of halogens is 2. The first-order valence-corrected chi connectivity index (χ1v) is 14.9. The van der Waals surface area contributed by atoms with Crippen LogP contribution in [-0.2, 0) is 0 Å². The molecule has 0 spiro atoms. The molecule has 6 nitrogen and oxygen atoms in total. The molecular formula is C35H31Br2N5O. The van der Waals surface area contributed by atoms with Gasteiger partial charge in [-0.15, -0.1) is 0 Å². The van der Waals surface area contributed by atoms with Crippen molar-refractivity contribution in [3.63, 3.8) is 0 Å². The molecule has 0 atom stereocenters. The van der Waals surface area contributed by atoms with Crippen molar-refractivity contribution in [3.05, 3.63) is 142 Å². The van der Waals surface area contributed by atoms with Crippen LogP contribution in [0.1, 0.15) is 31.7 Å². The predicted octanol–water partition coefficient (Wildman–Crippen LogP) is 9.58. The summed E-state index contributed by atoms with van der Waals surface area (Å²) in [6.45, 7) is 2.61. The Hall–Kier alpha value is -4.40. The second-order valence-electron chi connectivity index (χ2n) is 9.59. The van der Waals surface area contributed by atoms with Crippen LogP contribution in [0.3, 0.4) is 0 Å². The first-order valence-electron chi connectivity index (χ1n) is 13.3. The molecular weight excluding hydrogens is 666 g/mol. The van der Waals surface area contributed by atoms with E-state index in [1.165, 1.54) is 0 Å². The molecule has 0 fully saturated rings. The highest BCUT2D eigenvalue weighted by atomic mass is 79.9. The van der Waals surface area contributed by atoms with E-state index in [0.717, 1.165) is 60.2 Å². The molecule has 0 bridgehead atoms. The van der Waals surface area contributed by atoms with Crippen LogP contribution in [0.2, 0.25) is 0 Å². The van der Waals surface area contributed by atoms with Crippen molar-refractivity contribution in [1.29, 1.82) is 0 Å². The molecule has 0 aliphatic carbocycles. The maximum atomic E-state index is 11.9. The third-order valence-electron chi connectivity index (χ3n) is 6.81. The molecule has 0 unspecified atom stereocenters. The van der Waals surface area contributed by atoms with Crippen molar-refractivity contribution in [2.24, 2.45) is 4.99 Å². The lowest BCUT2D eigenvalue weighted by Gasteiger charge is -2.05. The molecule has 0 saturated carbocycles. The van der Waals surface area contributed by atoms with E-state index >= 15 is 0 Å². The van der Waals surface area contributed by atoms with Crippen molar-refractivity contribution in [2.75, 3.05) is 6.54 Å². The third-order valence-corrected chi connectivity index (χ3v) is 7.79. The molecule has 0 amide bonds. The van der Waals surface area contributed by atoms with Crippen LogP contribution < -0.4 is 0 Å². The van der Waals surface area contributed by atoms with Crippen LogP contribution in [0, 0.1) is 0 Å². The molecule has 3 heterocycles. The van der Waals surface area contributed by atoms with Crippen LogP contribution in [0.5, 0.6) is 0 Å². The van der Waals surface area contributed by atoms with Crippen LogP contribution in [0.4, 0.5) is 0 Å². The van der Waals surface area contributed by atoms with Crippen LogP contribution >= 0.6 is 31.9 Å². The van der Waals surface area contributed by atoms with E-state index in [4.69, 9.17) is 0 Å². The van der Waals surface area contributed by atoms with Crippen molar-refractivity contribution in [3.8, 4) is 11.4 Å². The Morgan fingerprint density at radius 1 is 0.814 bits per heavy atom. The van der Waals surface area contributed by atoms with Gasteiger partial charge in [0.2, 0.25) is 0 Å². The topological polar surface area (TPSA) is 65.1 Å². The summed E-state index contributed by atoms with van der Waals surface area (Å²) in [6, 6.07) is 28.1. The van der Waals surface area contributed by atoms with Gasteiger partial charge in [0.05, 0.1) is 34.3 Å². The van der Waals surface area contributed by atoms with Gasteiger partial charge in [-0.3, -0.25) is 18.9 Å². The highest BCUT2D eigenvalue weighted by Gasteiger charge is 2.10. The number of hydrogen-bond donors (Lipinski definition) is 0. The van der Waals surface area contributed by atoms with E-state index in [0.29, 0.717) is 5.56 Å². The van der Waals surface area contributed by atoms with Crippen molar-refractivity contribution in [2.45, 2.75) is 14.4 Å². The van der Waals surface area contributed by atoms with Gasteiger partial charge >= 0.3 is 0 Å². The second kappa shape index (κ2) is 13.3. The van der Waals surface area contributed by atoms with Crippen LogP contribution in [-0.4, -0.2) is 37.1 Å². The number of nitrogens with zero attached hydrogens (tertiary/aromatic N) is 5. The molecule has 0 N–H and O–H groups in total. The maximum Gasteiger partial charge on any atom is 0.185 e. The molecule has 4 aromatic carbocycles. The maximum absolute atomic E-state index is 11.9. The molecule has 1 aliphatic rings. The van der Waals surface area contributed by atoms with Gasteiger partial charge in [-0.25, -0.2) is 9.97 Å². The lowest BCUT2D eigenvalue weighted by molar-refractivity contribution is 0.104. The summed E-state index contributed by atoms with van der Waals surface area (Å²) < 4.78 is 6.17. The Labute approximate surface area is 268 Å². The van der Waals surface area contributed by atoms with E-state index < -0.39 is 0 Å². The summed E-state index contributed by atoms with van der Waals surface area (Å²) in [5.74, 6) is -0.00333. The average Bonchev–Trinajstić information content (AvgIpc) is 3.77. The zero-order valence-electron chi connectivity index (χ0n) is 22.7. The standard InChI is InChI=1S/C17H12BrN3.C17H13BrN2O.CH4.H2/c18-13-3-1-4-14(10-13)21-11-20-16-9-12(6-7-17(16)21)15-5-2-8-19-15;1-2-4-17(21)12-7-8-16-15(9-12)19-11-20(16)14-6-3-5-13(18)10-14;;/h1-7,9-11H,8H2;2-11H,1H3;1H4;1H/b;4-2+;;. The van der Waals surface area contributed by atoms with Crippen molar-refractivity contribution < 1.29 is 6.22 Å². The highest BCUT2D eigenvalue weighted by molar-refractivity contribution is 9.10. The largest absolute Gasteiger partial charge is 0.299 e. The fourth-order valence-corrected chi connectivity index (χ4v) is 5.58. The zero-order valence-corrected chi connectivity index (χ0v) is 25.8. The van der Waals surface area contributed by atoms with Gasteiger partial charge in [0.1, 0.15) is 12.7 Å². The van der Waals surface area contributed by atoms with E-state index in [-0.39, 0.29) is 14.6 Å². The first-order chi connectivity index (χ1) is 20.5. The smallest absolute Gasteiger partial charge is 0.185 e. The quantitative estimate of drug-likeness (QED) is 0.133. The minimum atomic E-state index is -0.00333. The molecule has 6 aromatic rings. The van der Waals surface area contributed by atoms with E-state index in [1.807, 2.05) is 72.4 Å². The summed E-state index contributed by atoms with van der Waals surface area (Å²) >= 11 is 6.98. The fourth-order valence-electron chi connectivity index (χ4n) is 4.80. The number of rotatable bonds is 5. The van der Waals surface area contributed by atoms with Crippen LogP contribution in [0.25, 0.3) is 33.4 Å². The fraction of sp³-hybridized carbons (Fsp3) is 0.0857. The lowest BCUT2D eigenvalue weighted by atomic mass is 10.1. The Bertz CT molecular complexity index is 2040. The molecule has 2 aromatic heterocycles. The van der Waals surface area contributed by atoms with Crippen LogP contribution in [0.15, 0.2) is 136 Å². The Kier molecular flexibility index (Phi) is 9.28. The Morgan fingerprint density at radius 2 is 1.42 bits per heavy atom. The number of carbonyl (C=O) groups excluding carboxylic acids is 1. The SMILES string of the molecule is Brc1cccc(-n2cnc3cc(C4=NCC=C4)ccc32)c1.C.C/C=C/C(=O)c1ccc2c(c1)ncn2-c1cccc(Br)c1.[HH]. The van der Waals surface area contributed by atoms with E-state index in [1.54, 1.807) is 18.5 Å². The van der Waals surface area contributed by atoms with Gasteiger partial charge in [-0.05, 0) is 85.8 Å². The number of benzene rings is 4. The number of aromatic nitrogens is 4. The summed E-state index contributed by atoms with van der Waals surface area (Å²) in [5, 5.41) is 0. The van der Waals surface area contributed by atoms with Gasteiger partial charge in [0.15, 0.2) is 5.78 Å². The number of carbonyl (C=O) groups is 1. The highest BCUT2D eigenvalue weighted by Crippen LogP contribution is 2.24. The van der Waals surface area contributed by atoms with Crippen molar-refractivity contribution >= 4 is 65.4 Å². The number of imidazole rings is 2. The van der Waals surface area contributed by atoms with Gasteiger partial charge in [-0.2, -0.15) is 0 Å². The number of hydrogen-bond acceptors (Lipinski definition) is 4. The minimum absolute atomic E-state index is 0. The molecule has 43 heavy (non-hydrogen) atoms. The predicted molar refractivity (Wildman–Crippen MR) is 186 cm³/mol. The van der Waals surface area contributed by atoms with E-state index in [9.17, 15) is 4.79 Å². The van der Waals surface area contributed by atoms with Gasteiger partial charge in [0, 0.05) is 32.9 Å². The first kappa shape index (κ1) is 30.1. The lowest BCUT2D eigenvalue weighted by Crippen LogP contribution is -1.95. The summed E-state index contributed by atoms with van der Waals surface area (Å²) in [6.07, 6.45) is 11.1. The Morgan fingerprint density at radius 3 is 1.98 bits per heavy atom. The molecule has 8 heteroatoms. The summed E-state index contributed by atoms with van der Waals surface area (Å²) in [5.41, 5.74) is 8.80. The van der Waals surface area contributed by atoms with E-state index in [2.05, 4.69) is 93.9 Å². The molecule has 1 aliphatic heterocycles. The number of aliphatic imine (C=N–C) groups is 1. The monoisotopic (exact) mass is 695 g/mol. The number of ketones is 1. The molecule has 0 radical (unpaired) electrons. The zero-order chi connectivity index (χ0) is 29.1. The van der Waals surface area contributed by atoms with Crippen molar-refractivity contribution in [1.82, 2.24) is 19.1 Å². The minimum Gasteiger partial charge on any atom is -0.299 e. The normalized spacial score (nSPS) is 12.3. The van der Waals surface area contributed by atoms with Gasteiger partial charge in [0.25, 0.3) is 0 Å². The molecule has 7 rings (SSSR count). The second-order valence-corrected chi connectivity index (χ2v) is 11.4. The number of fused-ring (bicyclic) bond motifs is 2.